The molecule has 9 nitrogen and oxygen atoms in total. The first-order chi connectivity index (χ1) is 17.8. The molecule has 1 saturated carbocycles. The summed E-state index contributed by atoms with van der Waals surface area (Å²) in [4.78, 5) is 25.9. The monoisotopic (exact) mass is 559 g/mol. The number of halogens is 3. The van der Waals surface area contributed by atoms with E-state index in [1.54, 1.807) is 0 Å². The Morgan fingerprint density at radius 1 is 1.16 bits per heavy atom. The maximum Gasteiger partial charge on any atom is 0.416 e. The van der Waals surface area contributed by atoms with Crippen LogP contribution in [0.15, 0.2) is 18.2 Å². The topological polar surface area (TPSA) is 111 Å². The Labute approximate surface area is 221 Å². The van der Waals surface area contributed by atoms with E-state index >= 15 is 0 Å². The van der Waals surface area contributed by atoms with Crippen LogP contribution in [0.2, 0.25) is 0 Å². The van der Waals surface area contributed by atoms with Gasteiger partial charge in [-0.15, -0.1) is 0 Å². The second-order valence-electron chi connectivity index (χ2n) is 10.7. The standard InChI is InChI=1S/C25H36F3N5O4S/c1-32(2)23(35)29-19-9-8-17(20(16-19)25(26,27)28)10-15-38(36,37)33-13-11-24(12-14-33)22(34)30-21(31-24)18-6-4-3-5-7-18/h8-9,16,18,21,31H,3-7,10-15H2,1-2H3,(H,29,35)(H,30,34). The number of piperidine rings is 1. The van der Waals surface area contributed by atoms with E-state index < -0.39 is 39.1 Å². The number of anilines is 1. The van der Waals surface area contributed by atoms with Crippen LogP contribution in [-0.2, 0) is 27.4 Å². The van der Waals surface area contributed by atoms with Gasteiger partial charge in [0.1, 0.15) is 5.54 Å². The molecule has 3 N–H and O–H groups in total. The highest BCUT2D eigenvalue weighted by Crippen LogP contribution is 2.36. The smallest absolute Gasteiger partial charge is 0.339 e. The number of hydrogen-bond donors (Lipinski definition) is 3. The van der Waals surface area contributed by atoms with Gasteiger partial charge in [0.25, 0.3) is 0 Å². The number of carbonyl (C=O) groups excluding carboxylic acids is 2. The summed E-state index contributed by atoms with van der Waals surface area (Å²) in [6, 6.07) is 2.77. The summed E-state index contributed by atoms with van der Waals surface area (Å²) in [6.07, 6.45) is 1.07. The quantitative estimate of drug-likeness (QED) is 0.496. The number of carbonyl (C=O) groups is 2. The summed E-state index contributed by atoms with van der Waals surface area (Å²) in [5, 5.41) is 8.92. The molecule has 212 valence electrons. The Balaban J connectivity index is 1.38. The van der Waals surface area contributed by atoms with Gasteiger partial charge in [0.15, 0.2) is 0 Å². The molecule has 1 unspecified atom stereocenters. The van der Waals surface area contributed by atoms with E-state index in [4.69, 9.17) is 0 Å². The SMILES string of the molecule is CN(C)C(=O)Nc1ccc(CCS(=O)(=O)N2CCC3(CC2)NC(C2CCCCC2)NC3=O)c(C(F)(F)F)c1. The number of nitrogens with zero attached hydrogens (tertiary/aromatic N) is 2. The van der Waals surface area contributed by atoms with Gasteiger partial charge in [-0.05, 0) is 55.7 Å². The van der Waals surface area contributed by atoms with Gasteiger partial charge in [-0.2, -0.15) is 13.2 Å². The van der Waals surface area contributed by atoms with E-state index in [1.807, 2.05) is 0 Å². The maximum atomic E-state index is 13.7. The van der Waals surface area contributed by atoms with Crippen molar-refractivity contribution in [1.82, 2.24) is 19.8 Å². The Bertz CT molecular complexity index is 1140. The Morgan fingerprint density at radius 2 is 1.82 bits per heavy atom. The molecule has 1 spiro atoms. The number of alkyl halides is 3. The van der Waals surface area contributed by atoms with Crippen LogP contribution >= 0.6 is 0 Å². The number of aryl methyl sites for hydroxylation is 1. The van der Waals surface area contributed by atoms with Crippen LogP contribution in [0.1, 0.15) is 56.1 Å². The van der Waals surface area contributed by atoms with Gasteiger partial charge in [-0.3, -0.25) is 10.1 Å². The van der Waals surface area contributed by atoms with Gasteiger partial charge in [-0.25, -0.2) is 17.5 Å². The third-order valence-corrected chi connectivity index (χ3v) is 9.82. The summed E-state index contributed by atoms with van der Waals surface area (Å²) in [5.74, 6) is -0.211. The first-order valence-corrected chi connectivity index (χ1v) is 14.7. The minimum absolute atomic E-state index is 0.0298. The molecule has 2 heterocycles. The van der Waals surface area contributed by atoms with Crippen molar-refractivity contribution in [1.29, 1.82) is 0 Å². The highest BCUT2D eigenvalue weighted by molar-refractivity contribution is 7.89. The molecule has 0 radical (unpaired) electrons. The Morgan fingerprint density at radius 3 is 2.42 bits per heavy atom. The number of nitrogens with one attached hydrogen (secondary N) is 3. The van der Waals surface area contributed by atoms with Crippen molar-refractivity contribution < 1.29 is 31.2 Å². The normalized spacial score (nSPS) is 22.9. The van der Waals surface area contributed by atoms with Crippen molar-refractivity contribution in [3.8, 4) is 0 Å². The lowest BCUT2D eigenvalue weighted by atomic mass is 9.86. The summed E-state index contributed by atoms with van der Waals surface area (Å²) in [7, 11) is -0.923. The molecule has 2 aliphatic heterocycles. The van der Waals surface area contributed by atoms with Gasteiger partial charge in [0.2, 0.25) is 15.9 Å². The van der Waals surface area contributed by atoms with Gasteiger partial charge >= 0.3 is 12.2 Å². The molecule has 4 rings (SSSR count). The summed E-state index contributed by atoms with van der Waals surface area (Å²) in [6.45, 7) is 0.254. The van der Waals surface area contributed by atoms with Crippen molar-refractivity contribution in [2.24, 2.45) is 5.92 Å². The lowest BCUT2D eigenvalue weighted by molar-refractivity contribution is -0.138. The van der Waals surface area contributed by atoms with Gasteiger partial charge in [-0.1, -0.05) is 25.3 Å². The van der Waals surface area contributed by atoms with E-state index in [0.717, 1.165) is 31.7 Å². The van der Waals surface area contributed by atoms with E-state index in [0.29, 0.717) is 18.8 Å². The number of sulfonamides is 1. The number of benzene rings is 1. The van der Waals surface area contributed by atoms with Crippen molar-refractivity contribution in [3.05, 3.63) is 29.3 Å². The number of urea groups is 1. The molecule has 2 saturated heterocycles. The average molecular weight is 560 g/mol. The molecular weight excluding hydrogens is 523 g/mol. The van der Waals surface area contributed by atoms with Gasteiger partial charge in [0, 0.05) is 32.9 Å². The van der Waals surface area contributed by atoms with Crippen LogP contribution in [0, 0.1) is 5.92 Å². The predicted octanol–water partition coefficient (Wildman–Crippen LogP) is 3.13. The molecule has 38 heavy (non-hydrogen) atoms. The third kappa shape index (κ3) is 6.26. The fourth-order valence-electron chi connectivity index (χ4n) is 5.64. The van der Waals surface area contributed by atoms with Crippen molar-refractivity contribution >= 4 is 27.6 Å². The van der Waals surface area contributed by atoms with E-state index in [9.17, 15) is 31.2 Å². The molecule has 0 aromatic heterocycles. The molecule has 3 amide bonds. The minimum Gasteiger partial charge on any atom is -0.339 e. The Hall–Kier alpha value is -2.38. The van der Waals surface area contributed by atoms with Crippen LogP contribution in [0.3, 0.4) is 0 Å². The fraction of sp³-hybridized carbons (Fsp3) is 0.680. The summed E-state index contributed by atoms with van der Waals surface area (Å²) >= 11 is 0. The van der Waals surface area contributed by atoms with E-state index in [-0.39, 0.29) is 42.8 Å². The second kappa shape index (κ2) is 11.0. The molecule has 1 aliphatic carbocycles. The van der Waals surface area contributed by atoms with Crippen molar-refractivity contribution in [2.75, 3.05) is 38.3 Å². The van der Waals surface area contributed by atoms with Crippen LogP contribution < -0.4 is 16.0 Å². The summed E-state index contributed by atoms with van der Waals surface area (Å²) in [5.41, 5.74) is -1.98. The maximum absolute atomic E-state index is 13.7. The molecule has 1 aromatic rings. The molecule has 0 bridgehead atoms. The molecule has 1 atom stereocenters. The average Bonchev–Trinajstić information content (AvgIpc) is 3.18. The van der Waals surface area contributed by atoms with Crippen LogP contribution in [0.5, 0.6) is 0 Å². The molecule has 3 fully saturated rings. The highest BCUT2D eigenvalue weighted by Gasteiger charge is 2.50. The fourth-order valence-corrected chi connectivity index (χ4v) is 7.11. The predicted molar refractivity (Wildman–Crippen MR) is 137 cm³/mol. The van der Waals surface area contributed by atoms with E-state index in [2.05, 4.69) is 16.0 Å². The van der Waals surface area contributed by atoms with Crippen LogP contribution in [0.25, 0.3) is 0 Å². The number of amides is 3. The van der Waals surface area contributed by atoms with Gasteiger partial charge in [0.05, 0.1) is 17.5 Å². The second-order valence-corrected chi connectivity index (χ2v) is 12.8. The number of hydrogen-bond acceptors (Lipinski definition) is 5. The Kier molecular flexibility index (Phi) is 8.29. The first kappa shape index (κ1) is 28.6. The summed E-state index contributed by atoms with van der Waals surface area (Å²) < 4.78 is 68.6. The van der Waals surface area contributed by atoms with Gasteiger partial charge < -0.3 is 15.5 Å². The lowest BCUT2D eigenvalue weighted by Crippen LogP contribution is -2.56. The largest absolute Gasteiger partial charge is 0.416 e. The molecular formula is C25H36F3N5O4S. The lowest BCUT2D eigenvalue weighted by Gasteiger charge is -2.37. The number of rotatable bonds is 6. The van der Waals surface area contributed by atoms with Crippen molar-refractivity contribution in [3.63, 3.8) is 0 Å². The minimum atomic E-state index is -4.72. The highest BCUT2D eigenvalue weighted by atomic mass is 32.2. The zero-order valence-corrected chi connectivity index (χ0v) is 22.6. The van der Waals surface area contributed by atoms with E-state index in [1.165, 1.54) is 41.9 Å². The zero-order chi connectivity index (χ0) is 27.7. The third-order valence-electron chi connectivity index (χ3n) is 7.95. The zero-order valence-electron chi connectivity index (χ0n) is 21.7. The van der Waals surface area contributed by atoms with Crippen LogP contribution in [0.4, 0.5) is 23.7 Å². The van der Waals surface area contributed by atoms with Crippen LogP contribution in [-0.4, -0.2) is 74.2 Å². The molecule has 3 aliphatic rings. The molecule has 13 heteroatoms. The van der Waals surface area contributed by atoms with Crippen molar-refractivity contribution in [2.45, 2.75) is 69.2 Å². The molecule has 1 aromatic carbocycles. The first-order valence-electron chi connectivity index (χ1n) is 13.1.